The van der Waals surface area contributed by atoms with Crippen LogP contribution in [0.15, 0.2) is 0 Å². The van der Waals surface area contributed by atoms with Crippen molar-refractivity contribution < 1.29 is 14.3 Å². The maximum Gasteiger partial charge on any atom is 0.317 e. The Kier molecular flexibility index (Phi) is 2.49. The molecule has 0 amide bonds. The largest absolute Gasteiger partial charge is 0.393 e. The van der Waals surface area contributed by atoms with Gasteiger partial charge >= 0.3 is 11.9 Å². The predicted octanol–water partition coefficient (Wildman–Crippen LogP) is 1.62. The van der Waals surface area contributed by atoms with Crippen molar-refractivity contribution in [1.82, 2.24) is 0 Å². The standard InChI is InChI=1S/C8H8Br2O3/c9-5-1-3-4(2-6(5)10)8(12)13-7(3)11/h3-6H,1-2H2/t3-,4+,5+,6-. The molecule has 1 aliphatic heterocycles. The topological polar surface area (TPSA) is 43.4 Å². The van der Waals surface area contributed by atoms with Crippen LogP contribution in [-0.4, -0.2) is 21.6 Å². The number of ether oxygens (including phenoxy) is 1. The molecule has 0 aromatic carbocycles. The Hall–Kier alpha value is 0.1000. The van der Waals surface area contributed by atoms with E-state index in [-0.39, 0.29) is 33.4 Å². The fraction of sp³-hybridized carbons (Fsp3) is 0.750. The third-order valence-electron chi connectivity index (χ3n) is 2.64. The quantitative estimate of drug-likeness (QED) is 0.388. The van der Waals surface area contributed by atoms with E-state index in [1.165, 1.54) is 0 Å². The zero-order chi connectivity index (χ0) is 9.59. The van der Waals surface area contributed by atoms with Crippen molar-refractivity contribution in [3.05, 3.63) is 0 Å². The predicted molar refractivity (Wildman–Crippen MR) is 52.7 cm³/mol. The van der Waals surface area contributed by atoms with Crippen LogP contribution in [0.5, 0.6) is 0 Å². The van der Waals surface area contributed by atoms with Crippen LogP contribution in [0.4, 0.5) is 0 Å². The van der Waals surface area contributed by atoms with Gasteiger partial charge in [-0.05, 0) is 12.8 Å². The highest BCUT2D eigenvalue weighted by atomic mass is 79.9. The Morgan fingerprint density at radius 2 is 1.38 bits per heavy atom. The fourth-order valence-corrected chi connectivity index (χ4v) is 3.12. The van der Waals surface area contributed by atoms with E-state index in [4.69, 9.17) is 0 Å². The lowest BCUT2D eigenvalue weighted by molar-refractivity contribution is -0.153. The van der Waals surface area contributed by atoms with Gasteiger partial charge in [0.05, 0.1) is 11.8 Å². The van der Waals surface area contributed by atoms with Crippen LogP contribution in [0.2, 0.25) is 0 Å². The Morgan fingerprint density at radius 1 is 1.00 bits per heavy atom. The molecule has 2 rings (SSSR count). The van der Waals surface area contributed by atoms with E-state index in [0.717, 1.165) is 0 Å². The van der Waals surface area contributed by atoms with Crippen molar-refractivity contribution in [3.8, 4) is 0 Å². The molecule has 72 valence electrons. The number of alkyl halides is 2. The summed E-state index contributed by atoms with van der Waals surface area (Å²) in [5, 5.41) is 0. The van der Waals surface area contributed by atoms with Crippen molar-refractivity contribution in [2.75, 3.05) is 0 Å². The molecule has 5 heteroatoms. The molecule has 2 fully saturated rings. The average molecular weight is 312 g/mol. The summed E-state index contributed by atoms with van der Waals surface area (Å²) in [7, 11) is 0. The molecule has 1 heterocycles. The Morgan fingerprint density at radius 3 is 1.77 bits per heavy atom. The number of cyclic esters (lactones) is 2. The number of fused-ring (bicyclic) bond motifs is 1. The second kappa shape index (κ2) is 3.35. The third-order valence-corrected chi connectivity index (χ3v) is 5.38. The van der Waals surface area contributed by atoms with Gasteiger partial charge in [-0.3, -0.25) is 9.59 Å². The Balaban J connectivity index is 2.19. The van der Waals surface area contributed by atoms with Gasteiger partial charge in [0.2, 0.25) is 0 Å². The van der Waals surface area contributed by atoms with Gasteiger partial charge in [0, 0.05) is 9.65 Å². The smallest absolute Gasteiger partial charge is 0.317 e. The summed E-state index contributed by atoms with van der Waals surface area (Å²) >= 11 is 6.94. The molecular formula is C8H8Br2O3. The van der Waals surface area contributed by atoms with Crippen LogP contribution in [0.25, 0.3) is 0 Å². The van der Waals surface area contributed by atoms with Crippen molar-refractivity contribution in [2.24, 2.45) is 11.8 Å². The first kappa shape index (κ1) is 9.65. The van der Waals surface area contributed by atoms with Crippen LogP contribution in [0.3, 0.4) is 0 Å². The minimum Gasteiger partial charge on any atom is -0.393 e. The second-order valence-corrected chi connectivity index (χ2v) is 5.81. The fourth-order valence-electron chi connectivity index (χ4n) is 1.88. The van der Waals surface area contributed by atoms with Gasteiger partial charge in [-0.25, -0.2) is 0 Å². The lowest BCUT2D eigenvalue weighted by Crippen LogP contribution is -2.34. The molecule has 0 radical (unpaired) electrons. The van der Waals surface area contributed by atoms with Crippen molar-refractivity contribution in [3.63, 3.8) is 0 Å². The zero-order valence-electron chi connectivity index (χ0n) is 6.70. The number of esters is 2. The van der Waals surface area contributed by atoms with E-state index in [0.29, 0.717) is 12.8 Å². The van der Waals surface area contributed by atoms with Gasteiger partial charge in [-0.2, -0.15) is 0 Å². The van der Waals surface area contributed by atoms with E-state index in [1.54, 1.807) is 0 Å². The highest BCUT2D eigenvalue weighted by molar-refractivity contribution is 9.12. The van der Waals surface area contributed by atoms with E-state index >= 15 is 0 Å². The monoisotopic (exact) mass is 310 g/mol. The van der Waals surface area contributed by atoms with E-state index < -0.39 is 0 Å². The SMILES string of the molecule is O=C1OC(=O)[C@@H]2C[C@H](Br)[C@H](Br)C[C@H]12. The molecule has 1 saturated carbocycles. The van der Waals surface area contributed by atoms with Crippen LogP contribution in [-0.2, 0) is 14.3 Å². The van der Waals surface area contributed by atoms with Crippen LogP contribution in [0, 0.1) is 11.8 Å². The van der Waals surface area contributed by atoms with Crippen molar-refractivity contribution in [1.29, 1.82) is 0 Å². The van der Waals surface area contributed by atoms with Gasteiger partial charge in [-0.1, -0.05) is 31.9 Å². The number of hydrogen-bond acceptors (Lipinski definition) is 3. The lowest BCUT2D eigenvalue weighted by atomic mass is 9.81. The zero-order valence-corrected chi connectivity index (χ0v) is 9.88. The molecule has 4 atom stereocenters. The number of carbonyl (C=O) groups excluding carboxylic acids is 2. The minimum absolute atomic E-state index is 0.217. The number of halogens is 2. The summed E-state index contributed by atoms with van der Waals surface area (Å²) in [6, 6.07) is 0. The molecule has 3 nitrogen and oxygen atoms in total. The summed E-state index contributed by atoms with van der Waals surface area (Å²) in [5.41, 5.74) is 0. The van der Waals surface area contributed by atoms with E-state index in [1.807, 2.05) is 0 Å². The van der Waals surface area contributed by atoms with Gasteiger partial charge in [-0.15, -0.1) is 0 Å². The maximum atomic E-state index is 11.2. The first-order valence-corrected chi connectivity index (χ1v) is 5.96. The molecule has 0 spiro atoms. The highest BCUT2D eigenvalue weighted by Crippen LogP contribution is 2.41. The first-order chi connectivity index (χ1) is 6.09. The lowest BCUT2D eigenvalue weighted by Gasteiger charge is -2.28. The highest BCUT2D eigenvalue weighted by Gasteiger charge is 2.49. The van der Waals surface area contributed by atoms with Crippen LogP contribution < -0.4 is 0 Å². The number of rotatable bonds is 0. The third kappa shape index (κ3) is 1.56. The normalized spacial score (nSPS) is 44.5. The number of carbonyl (C=O) groups is 2. The van der Waals surface area contributed by atoms with E-state index in [2.05, 4.69) is 36.6 Å². The van der Waals surface area contributed by atoms with Crippen molar-refractivity contribution in [2.45, 2.75) is 22.5 Å². The molecule has 1 aliphatic carbocycles. The molecule has 0 bridgehead atoms. The summed E-state index contributed by atoms with van der Waals surface area (Å²) in [5.74, 6) is -1.13. The Labute approximate surface area is 92.5 Å². The van der Waals surface area contributed by atoms with Crippen LogP contribution >= 0.6 is 31.9 Å². The summed E-state index contributed by atoms with van der Waals surface area (Å²) in [6.07, 6.45) is 1.37. The molecule has 0 N–H and O–H groups in total. The number of hydrogen-bond donors (Lipinski definition) is 0. The van der Waals surface area contributed by atoms with Crippen molar-refractivity contribution >= 4 is 43.8 Å². The average Bonchev–Trinajstić information content (AvgIpc) is 2.31. The minimum atomic E-state index is -0.348. The molecule has 0 aromatic rings. The van der Waals surface area contributed by atoms with Gasteiger partial charge in [0.15, 0.2) is 0 Å². The van der Waals surface area contributed by atoms with Gasteiger partial charge < -0.3 is 4.74 Å². The molecule has 2 aliphatic rings. The van der Waals surface area contributed by atoms with E-state index in [9.17, 15) is 9.59 Å². The van der Waals surface area contributed by atoms with Gasteiger partial charge in [0.25, 0.3) is 0 Å². The summed E-state index contributed by atoms with van der Waals surface area (Å²) in [6.45, 7) is 0. The van der Waals surface area contributed by atoms with Crippen LogP contribution in [0.1, 0.15) is 12.8 Å². The summed E-state index contributed by atoms with van der Waals surface area (Å²) < 4.78 is 4.59. The first-order valence-electron chi connectivity index (χ1n) is 4.13. The van der Waals surface area contributed by atoms with Gasteiger partial charge in [0.1, 0.15) is 0 Å². The molecule has 13 heavy (non-hydrogen) atoms. The molecule has 1 saturated heterocycles. The molecular weight excluding hydrogens is 304 g/mol. The second-order valence-electron chi connectivity index (χ2n) is 3.46. The molecule has 0 aromatic heterocycles. The maximum absolute atomic E-state index is 11.2. The molecule has 0 unspecified atom stereocenters. The Bertz CT molecular complexity index is 240. The summed E-state index contributed by atoms with van der Waals surface area (Å²) in [4.78, 5) is 22.9.